The van der Waals surface area contributed by atoms with Crippen LogP contribution in [0.2, 0.25) is 5.02 Å². The molecule has 0 radical (unpaired) electrons. The van der Waals surface area contributed by atoms with Crippen molar-refractivity contribution in [2.24, 2.45) is 25.9 Å². The minimum atomic E-state index is -3.16. The predicted octanol–water partition coefficient (Wildman–Crippen LogP) is 5.34. The van der Waals surface area contributed by atoms with Crippen molar-refractivity contribution < 1.29 is 27.5 Å². The first-order valence-electron chi connectivity index (χ1n) is 21.2. The summed E-state index contributed by atoms with van der Waals surface area (Å²) in [6, 6.07) is 10.1. The van der Waals surface area contributed by atoms with Crippen LogP contribution in [0.1, 0.15) is 43.7 Å². The van der Waals surface area contributed by atoms with Gasteiger partial charge in [-0.3, -0.25) is 29.3 Å². The van der Waals surface area contributed by atoms with Crippen LogP contribution in [-0.4, -0.2) is 112 Å². The molecule has 4 fully saturated rings. The highest BCUT2D eigenvalue weighted by Gasteiger charge is 2.51. The summed E-state index contributed by atoms with van der Waals surface area (Å²) in [5, 5.41) is 15.1. The number of hydrogen-bond donors (Lipinski definition) is 3. The number of fused-ring (bicyclic) bond motifs is 4. The van der Waals surface area contributed by atoms with Gasteiger partial charge in [-0.05, 0) is 55.9 Å². The number of carbonyl (C=O) groups is 2. The number of piperidine rings is 2. The van der Waals surface area contributed by atoms with Crippen LogP contribution in [0.25, 0.3) is 21.8 Å². The van der Waals surface area contributed by atoms with Crippen molar-refractivity contribution >= 4 is 74.0 Å². The molecule has 0 bridgehead atoms. The number of nitrogens with zero attached hydrogens (tertiary/aromatic N) is 8. The van der Waals surface area contributed by atoms with Crippen LogP contribution >= 0.6 is 11.6 Å². The lowest BCUT2D eigenvalue weighted by molar-refractivity contribution is -0.134. The predicted molar refractivity (Wildman–Crippen MR) is 230 cm³/mol. The zero-order valence-electron chi connectivity index (χ0n) is 34.3. The SMILES string of the molecule is Cn1nc(C2CCC(=O)NC2=O)c2cccc(N3CCN(C[C@@H]4CCN(c5ncc(Cl)c(Nc6ccc7c(c6)c6c(c(=O)n7C)OCC(F)(F)C(C7CC7)N6)n5)C[C@H]4F)CC3)c21. The van der Waals surface area contributed by atoms with Crippen molar-refractivity contribution in [3.8, 4) is 5.75 Å². The third kappa shape index (κ3) is 7.33. The van der Waals surface area contributed by atoms with E-state index in [2.05, 4.69) is 36.8 Å². The fourth-order valence-corrected chi connectivity index (χ4v) is 9.81. The summed E-state index contributed by atoms with van der Waals surface area (Å²) in [7, 11) is 3.46. The first kappa shape index (κ1) is 40.5. The normalized spacial score (nSPS) is 24.4. The Bertz CT molecular complexity index is 2670. The minimum Gasteiger partial charge on any atom is -0.480 e. The second kappa shape index (κ2) is 15.6. The number of halogens is 4. The molecule has 3 N–H and O–H groups in total. The maximum Gasteiger partial charge on any atom is 0.301 e. The van der Waals surface area contributed by atoms with Gasteiger partial charge in [-0.1, -0.05) is 23.7 Å². The molecule has 4 aliphatic heterocycles. The molecule has 3 saturated heterocycles. The monoisotopic (exact) mass is 873 g/mol. The van der Waals surface area contributed by atoms with Crippen LogP contribution in [0.5, 0.6) is 5.75 Å². The Morgan fingerprint density at radius 3 is 2.55 bits per heavy atom. The largest absolute Gasteiger partial charge is 0.480 e. The Morgan fingerprint density at radius 1 is 0.984 bits per heavy atom. The molecule has 1 saturated carbocycles. The number of anilines is 5. The van der Waals surface area contributed by atoms with Crippen molar-refractivity contribution in [1.29, 1.82) is 0 Å². The standard InChI is InChI=1S/C43H47ClF3N11O4/c1-54-31-10-8-25(18-28(31)35-37(41(54)61)62-22-43(46,47)38(51-35)23-6-7-23)49-39-29(44)19-48-42(52-39)58-13-12-24(30(45)21-58)20-56-14-16-57(17-15-56)32-5-3-4-26-34(53-55(2)36(26)32)27-9-11-33(59)50-40(27)60/h3-5,8,10,18-19,23-24,27,30,38,51H,6-7,9,11-17,20-22H2,1-2H3,(H,48,49,52)(H,50,59,60)/t24-,27?,30+,38?/m0/s1. The number of hydrogen-bond acceptors (Lipinski definition) is 12. The Labute approximate surface area is 359 Å². The van der Waals surface area contributed by atoms with Crippen molar-refractivity contribution in [3.63, 3.8) is 0 Å². The molecule has 15 nitrogen and oxygen atoms in total. The fraction of sp³-hybridized carbons (Fsp3) is 0.488. The number of alkyl halides is 3. The molecular formula is C43H47ClF3N11O4. The van der Waals surface area contributed by atoms with Crippen LogP contribution in [0.4, 0.5) is 42.0 Å². The van der Waals surface area contributed by atoms with Crippen molar-refractivity contribution in [3.05, 3.63) is 63.7 Å². The van der Waals surface area contributed by atoms with E-state index in [0.717, 1.165) is 42.8 Å². The van der Waals surface area contributed by atoms with Gasteiger partial charge in [0, 0.05) is 82.2 Å². The van der Waals surface area contributed by atoms with Gasteiger partial charge in [-0.2, -0.15) is 10.1 Å². The lowest BCUT2D eigenvalue weighted by Gasteiger charge is -2.41. The maximum absolute atomic E-state index is 16.0. The van der Waals surface area contributed by atoms with E-state index in [1.807, 2.05) is 28.8 Å². The number of carbonyl (C=O) groups excluding carboxylic acids is 2. The van der Waals surface area contributed by atoms with E-state index in [9.17, 15) is 14.4 Å². The van der Waals surface area contributed by atoms with E-state index >= 15 is 13.2 Å². The maximum atomic E-state index is 16.0. The number of rotatable bonds is 8. The highest BCUT2D eigenvalue weighted by molar-refractivity contribution is 6.33. The van der Waals surface area contributed by atoms with Crippen LogP contribution in [0, 0.1) is 11.8 Å². The van der Waals surface area contributed by atoms with Crippen molar-refractivity contribution in [2.45, 2.75) is 56.2 Å². The highest BCUT2D eigenvalue weighted by Crippen LogP contribution is 2.46. The first-order valence-corrected chi connectivity index (χ1v) is 21.6. The van der Waals surface area contributed by atoms with E-state index < -0.39 is 36.2 Å². The third-order valence-electron chi connectivity index (χ3n) is 13.2. The van der Waals surface area contributed by atoms with Gasteiger partial charge in [0.25, 0.3) is 5.56 Å². The second-order valence-corrected chi connectivity index (χ2v) is 17.7. The van der Waals surface area contributed by atoms with Crippen LogP contribution < -0.4 is 36.0 Å². The summed E-state index contributed by atoms with van der Waals surface area (Å²) in [6.07, 6.45) is 3.04. The second-order valence-electron chi connectivity index (χ2n) is 17.3. The van der Waals surface area contributed by atoms with E-state index in [0.29, 0.717) is 72.8 Å². The molecule has 5 aromatic rings. The molecule has 4 atom stereocenters. The van der Waals surface area contributed by atoms with Crippen LogP contribution in [-0.2, 0) is 23.7 Å². The van der Waals surface area contributed by atoms with Gasteiger partial charge in [0.1, 0.15) is 11.2 Å². The molecule has 62 heavy (non-hydrogen) atoms. The Morgan fingerprint density at radius 2 is 1.79 bits per heavy atom. The number of para-hydroxylation sites is 1. The van der Waals surface area contributed by atoms with Crippen molar-refractivity contribution in [1.82, 2.24) is 34.5 Å². The van der Waals surface area contributed by atoms with Gasteiger partial charge in [-0.25, -0.2) is 18.2 Å². The quantitative estimate of drug-likeness (QED) is 0.173. The van der Waals surface area contributed by atoms with Gasteiger partial charge >= 0.3 is 5.92 Å². The lowest BCUT2D eigenvalue weighted by Crippen LogP contribution is -2.51. The van der Waals surface area contributed by atoms with Gasteiger partial charge in [0.2, 0.25) is 23.5 Å². The molecule has 10 rings (SSSR count). The molecule has 2 amide bonds. The van der Waals surface area contributed by atoms with E-state index in [1.54, 1.807) is 25.2 Å². The summed E-state index contributed by atoms with van der Waals surface area (Å²) >= 11 is 6.59. The van der Waals surface area contributed by atoms with Crippen LogP contribution in [0.15, 0.2) is 47.4 Å². The van der Waals surface area contributed by atoms with E-state index in [-0.39, 0.29) is 53.1 Å². The average molecular weight is 874 g/mol. The van der Waals surface area contributed by atoms with Gasteiger partial charge < -0.3 is 29.7 Å². The number of amides is 2. The first-order chi connectivity index (χ1) is 29.8. The fourth-order valence-electron chi connectivity index (χ4n) is 9.68. The number of piperazine rings is 1. The third-order valence-corrected chi connectivity index (χ3v) is 13.5. The van der Waals surface area contributed by atoms with Gasteiger partial charge in [0.05, 0.1) is 52.8 Å². The molecule has 2 aromatic carbocycles. The van der Waals surface area contributed by atoms with Crippen LogP contribution in [0.3, 0.4) is 0 Å². The summed E-state index contributed by atoms with van der Waals surface area (Å²) in [5.74, 6) is -4.09. The lowest BCUT2D eigenvalue weighted by atomic mass is 9.92. The molecule has 7 heterocycles. The smallest absolute Gasteiger partial charge is 0.301 e. The molecule has 0 spiro atoms. The van der Waals surface area contributed by atoms with E-state index in [1.165, 1.54) is 10.8 Å². The molecule has 326 valence electrons. The summed E-state index contributed by atoms with van der Waals surface area (Å²) in [6.45, 7) is 3.45. The van der Waals surface area contributed by atoms with Crippen molar-refractivity contribution in [2.75, 3.05) is 72.9 Å². The molecule has 3 aromatic heterocycles. The van der Waals surface area contributed by atoms with Gasteiger partial charge in [0.15, 0.2) is 12.4 Å². The molecular weight excluding hydrogens is 827 g/mol. The Balaban J connectivity index is 0.791. The molecule has 19 heteroatoms. The molecule has 5 aliphatic rings. The number of pyridine rings is 1. The highest BCUT2D eigenvalue weighted by atomic mass is 35.5. The topological polar surface area (TPSA) is 155 Å². The number of aromatic nitrogens is 5. The number of imide groups is 1. The number of aryl methyl sites for hydroxylation is 2. The van der Waals surface area contributed by atoms with E-state index in [4.69, 9.17) is 26.4 Å². The summed E-state index contributed by atoms with van der Waals surface area (Å²) in [4.78, 5) is 53.3. The average Bonchev–Trinajstić information content (AvgIpc) is 4.06. The minimum absolute atomic E-state index is 0.123. The number of ether oxygens (including phenoxy) is 1. The zero-order valence-corrected chi connectivity index (χ0v) is 35.1. The number of nitrogens with one attached hydrogen (secondary N) is 3. The molecule has 1 aliphatic carbocycles. The number of benzene rings is 2. The van der Waals surface area contributed by atoms with Gasteiger partial charge in [-0.15, -0.1) is 0 Å². The summed E-state index contributed by atoms with van der Waals surface area (Å²) in [5.41, 5.74) is 3.48. The molecule has 2 unspecified atom stereocenters. The summed E-state index contributed by atoms with van der Waals surface area (Å²) < 4.78 is 55.0. The zero-order chi connectivity index (χ0) is 43.0. The Kier molecular flexibility index (Phi) is 10.2. The Hall–Kier alpha value is -5.62.